The fourth-order valence-electron chi connectivity index (χ4n) is 2.97. The lowest BCUT2D eigenvalue weighted by Gasteiger charge is -2.41. The summed E-state index contributed by atoms with van der Waals surface area (Å²) in [4.78, 5) is 23.9. The van der Waals surface area contributed by atoms with Gasteiger partial charge in [-0.2, -0.15) is 0 Å². The van der Waals surface area contributed by atoms with Gasteiger partial charge in [0, 0.05) is 30.1 Å². The van der Waals surface area contributed by atoms with Crippen molar-refractivity contribution in [2.75, 3.05) is 6.54 Å². The molecule has 0 aliphatic heterocycles. The van der Waals surface area contributed by atoms with Crippen LogP contribution < -0.4 is 5.32 Å². The molecule has 1 aromatic heterocycles. The zero-order chi connectivity index (χ0) is 18.4. The first kappa shape index (κ1) is 21.7. The Hall–Kier alpha value is -0.300. The summed E-state index contributed by atoms with van der Waals surface area (Å²) >= 11 is 1.60. The summed E-state index contributed by atoms with van der Waals surface area (Å²) in [6, 6.07) is 0. The number of nitrogens with one attached hydrogen (secondary N) is 1. The Morgan fingerprint density at radius 1 is 1.50 bits per heavy atom. The minimum Gasteiger partial charge on any atom is -0.394 e. The van der Waals surface area contributed by atoms with Gasteiger partial charge in [-0.1, -0.05) is 19.8 Å². The molecule has 0 amide bonds. The minimum absolute atomic E-state index is 0.167. The van der Waals surface area contributed by atoms with Gasteiger partial charge in [0.1, 0.15) is 5.28 Å². The molecular formula is C16H31N2O4PS. The van der Waals surface area contributed by atoms with Crippen LogP contribution in [0.15, 0.2) is 5.38 Å². The van der Waals surface area contributed by atoms with E-state index in [1.54, 1.807) is 25.2 Å². The Morgan fingerprint density at radius 2 is 2.12 bits per heavy atom. The monoisotopic (exact) mass is 378 g/mol. The van der Waals surface area contributed by atoms with Crippen molar-refractivity contribution in [2.24, 2.45) is 5.92 Å². The second kappa shape index (κ2) is 9.41. The summed E-state index contributed by atoms with van der Waals surface area (Å²) in [5, 5.41) is 13.2. The number of aliphatic hydroxyl groups excluding tert-OH is 1. The average molecular weight is 378 g/mol. The SMILES string of the molecule is CC(C)O.Cc1csc(CCNC2(P(=O)(O)O)CCCC(C)C2)n1. The van der Waals surface area contributed by atoms with Crippen LogP contribution in [0.5, 0.6) is 0 Å². The molecule has 2 rings (SSSR count). The van der Waals surface area contributed by atoms with E-state index < -0.39 is 12.9 Å². The van der Waals surface area contributed by atoms with Crippen LogP contribution in [-0.4, -0.2) is 37.8 Å². The third-order valence-corrected chi connectivity index (χ3v) is 6.70. The van der Waals surface area contributed by atoms with Crippen LogP contribution in [0.3, 0.4) is 0 Å². The van der Waals surface area contributed by atoms with Gasteiger partial charge in [0.15, 0.2) is 0 Å². The Labute approximate surface area is 148 Å². The fourth-order valence-corrected chi connectivity index (χ4v) is 5.06. The molecule has 1 saturated carbocycles. The van der Waals surface area contributed by atoms with Crippen molar-refractivity contribution >= 4 is 18.9 Å². The smallest absolute Gasteiger partial charge is 0.345 e. The zero-order valence-electron chi connectivity index (χ0n) is 15.0. The first-order valence-corrected chi connectivity index (χ1v) is 10.9. The van der Waals surface area contributed by atoms with Gasteiger partial charge in [0.2, 0.25) is 0 Å². The molecule has 4 N–H and O–H groups in total. The van der Waals surface area contributed by atoms with Gasteiger partial charge < -0.3 is 20.2 Å². The van der Waals surface area contributed by atoms with Gasteiger partial charge in [0.05, 0.1) is 5.01 Å². The van der Waals surface area contributed by atoms with E-state index in [0.717, 1.165) is 23.5 Å². The molecule has 6 nitrogen and oxygen atoms in total. The number of hydrogen-bond acceptors (Lipinski definition) is 5. The highest BCUT2D eigenvalue weighted by Gasteiger charge is 2.48. The normalized spacial score (nSPS) is 24.6. The lowest BCUT2D eigenvalue weighted by atomic mass is 9.86. The van der Waals surface area contributed by atoms with E-state index in [1.165, 1.54) is 0 Å². The standard InChI is InChI=1S/C13H23N2O3PS.C3H8O/c1-10-4-3-6-13(8-10,19(16,17)18)14-7-5-12-15-11(2)9-20-12;1-3(2)4/h9-10,14H,3-8H2,1-2H3,(H2,16,17,18);3-4H,1-2H3. The van der Waals surface area contributed by atoms with Crippen LogP contribution >= 0.6 is 18.9 Å². The second-order valence-corrected chi connectivity index (χ2v) is 9.82. The van der Waals surface area contributed by atoms with Crippen LogP contribution in [0.4, 0.5) is 0 Å². The largest absolute Gasteiger partial charge is 0.394 e. The molecule has 1 aromatic rings. The molecule has 0 spiro atoms. The maximum absolute atomic E-state index is 11.9. The number of aromatic nitrogens is 1. The molecule has 24 heavy (non-hydrogen) atoms. The van der Waals surface area contributed by atoms with Crippen molar-refractivity contribution in [3.8, 4) is 0 Å². The summed E-state index contributed by atoms with van der Waals surface area (Å²) in [5.74, 6) is 0.353. The van der Waals surface area contributed by atoms with Gasteiger partial charge in [-0.3, -0.25) is 4.57 Å². The van der Waals surface area contributed by atoms with Crippen LogP contribution in [-0.2, 0) is 11.0 Å². The topological polar surface area (TPSA) is 103 Å². The maximum atomic E-state index is 11.9. The minimum atomic E-state index is -4.15. The van der Waals surface area contributed by atoms with E-state index in [-0.39, 0.29) is 6.10 Å². The van der Waals surface area contributed by atoms with Gasteiger partial charge in [-0.25, -0.2) is 4.98 Å². The van der Waals surface area contributed by atoms with Crippen molar-refractivity contribution in [1.29, 1.82) is 0 Å². The lowest BCUT2D eigenvalue weighted by Crippen LogP contribution is -2.48. The number of nitrogens with zero attached hydrogens (tertiary/aromatic N) is 1. The summed E-state index contributed by atoms with van der Waals surface area (Å²) in [5.41, 5.74) is 1.00. The quantitative estimate of drug-likeness (QED) is 0.587. The fraction of sp³-hybridized carbons (Fsp3) is 0.812. The molecule has 1 aliphatic rings. The Bertz CT molecular complexity index is 543. The van der Waals surface area contributed by atoms with Crippen LogP contribution in [0, 0.1) is 12.8 Å². The molecule has 0 saturated heterocycles. The summed E-state index contributed by atoms with van der Waals surface area (Å²) in [6.07, 6.45) is 3.58. The third-order valence-electron chi connectivity index (χ3n) is 3.99. The van der Waals surface area contributed by atoms with Gasteiger partial charge in [0.25, 0.3) is 0 Å². The molecule has 1 heterocycles. The molecule has 1 aliphatic carbocycles. The number of thiazole rings is 1. The van der Waals surface area contributed by atoms with E-state index in [9.17, 15) is 14.4 Å². The Morgan fingerprint density at radius 3 is 2.58 bits per heavy atom. The van der Waals surface area contributed by atoms with E-state index >= 15 is 0 Å². The molecular weight excluding hydrogens is 347 g/mol. The lowest BCUT2D eigenvalue weighted by molar-refractivity contribution is 0.212. The second-order valence-electron chi connectivity index (χ2n) is 6.93. The highest BCUT2D eigenvalue weighted by atomic mass is 32.1. The van der Waals surface area contributed by atoms with Crippen molar-refractivity contribution in [1.82, 2.24) is 10.3 Å². The van der Waals surface area contributed by atoms with E-state index in [0.29, 0.717) is 31.7 Å². The molecule has 0 aromatic carbocycles. The molecule has 2 unspecified atom stereocenters. The van der Waals surface area contributed by atoms with E-state index in [1.807, 2.05) is 12.3 Å². The Kier molecular flexibility index (Phi) is 8.53. The molecule has 0 radical (unpaired) electrons. The van der Waals surface area contributed by atoms with E-state index in [2.05, 4.69) is 17.2 Å². The molecule has 2 atom stereocenters. The molecule has 0 bridgehead atoms. The molecule has 140 valence electrons. The first-order valence-electron chi connectivity index (χ1n) is 8.45. The average Bonchev–Trinajstić information content (AvgIpc) is 2.82. The Balaban J connectivity index is 0.000000648. The van der Waals surface area contributed by atoms with Gasteiger partial charge in [-0.05, 0) is 39.5 Å². The van der Waals surface area contributed by atoms with E-state index in [4.69, 9.17) is 5.11 Å². The number of rotatable bonds is 5. The predicted molar refractivity (Wildman–Crippen MR) is 98.3 cm³/mol. The summed E-state index contributed by atoms with van der Waals surface area (Å²) in [7, 11) is -4.15. The molecule has 1 fully saturated rings. The first-order chi connectivity index (χ1) is 11.1. The molecule has 8 heteroatoms. The number of hydrogen-bond donors (Lipinski definition) is 4. The predicted octanol–water partition coefficient (Wildman–Crippen LogP) is 3.05. The third kappa shape index (κ3) is 6.90. The highest BCUT2D eigenvalue weighted by Crippen LogP contribution is 2.56. The van der Waals surface area contributed by atoms with Crippen LogP contribution in [0.2, 0.25) is 0 Å². The van der Waals surface area contributed by atoms with Crippen LogP contribution in [0.1, 0.15) is 57.2 Å². The summed E-state index contributed by atoms with van der Waals surface area (Å²) in [6.45, 7) is 8.02. The van der Waals surface area contributed by atoms with Gasteiger partial charge in [-0.15, -0.1) is 11.3 Å². The highest BCUT2D eigenvalue weighted by molar-refractivity contribution is 7.53. The number of aliphatic hydroxyl groups is 1. The van der Waals surface area contributed by atoms with Crippen molar-refractivity contribution < 1.29 is 19.5 Å². The summed E-state index contributed by atoms with van der Waals surface area (Å²) < 4.78 is 11.9. The van der Waals surface area contributed by atoms with Crippen molar-refractivity contribution in [3.63, 3.8) is 0 Å². The van der Waals surface area contributed by atoms with Crippen molar-refractivity contribution in [2.45, 2.75) is 71.2 Å². The van der Waals surface area contributed by atoms with Crippen LogP contribution in [0.25, 0.3) is 0 Å². The van der Waals surface area contributed by atoms with Crippen molar-refractivity contribution in [3.05, 3.63) is 16.1 Å². The van der Waals surface area contributed by atoms with Gasteiger partial charge >= 0.3 is 7.60 Å². The zero-order valence-corrected chi connectivity index (χ0v) is 16.7. The maximum Gasteiger partial charge on any atom is 0.345 e. The number of aryl methyl sites for hydroxylation is 1.